The zero-order valence-electron chi connectivity index (χ0n) is 22.4. The van der Waals surface area contributed by atoms with Gasteiger partial charge in [-0.2, -0.15) is 0 Å². The third-order valence-electron chi connectivity index (χ3n) is 10.8. The summed E-state index contributed by atoms with van der Waals surface area (Å²) in [5.74, 6) is 0.473. The van der Waals surface area contributed by atoms with Crippen molar-refractivity contribution in [1.82, 2.24) is 0 Å². The van der Waals surface area contributed by atoms with Crippen LogP contribution in [0, 0.1) is 22.2 Å². The Hall–Kier alpha value is -0.530. The van der Waals surface area contributed by atoms with E-state index in [1.807, 2.05) is 0 Å². The second-order valence-corrected chi connectivity index (χ2v) is 12.5. The Bertz CT molecular complexity index is 559. The fourth-order valence-electron chi connectivity index (χ4n) is 8.82. The molecule has 0 spiro atoms. The highest BCUT2D eigenvalue weighted by molar-refractivity contribution is 5.76. The smallest absolute Gasteiger partial charge is 0.310 e. The summed E-state index contributed by atoms with van der Waals surface area (Å²) in [5.41, 5.74) is 0.153. The molecule has 3 rings (SSSR count). The molecule has 0 amide bonds. The molecule has 3 aliphatic carbocycles. The number of unbranched alkanes of at least 4 members (excludes halogenated alkanes) is 6. The van der Waals surface area contributed by atoms with E-state index in [9.17, 15) is 9.90 Å². The summed E-state index contributed by atoms with van der Waals surface area (Å²) in [6, 6.07) is 0. The van der Waals surface area contributed by atoms with Crippen LogP contribution in [0.15, 0.2) is 0 Å². The molecule has 0 aromatic carbocycles. The lowest BCUT2D eigenvalue weighted by atomic mass is 9.46. The quantitative estimate of drug-likeness (QED) is 0.277. The van der Waals surface area contributed by atoms with Gasteiger partial charge in [0.2, 0.25) is 0 Å². The molecule has 0 aliphatic heterocycles. The first-order chi connectivity index (χ1) is 16.0. The summed E-state index contributed by atoms with van der Waals surface area (Å²) < 4.78 is 0. The Morgan fingerprint density at radius 1 is 0.667 bits per heavy atom. The first kappa shape index (κ1) is 27.1. The molecule has 192 valence electrons. The third kappa shape index (κ3) is 6.19. The van der Waals surface area contributed by atoms with Crippen molar-refractivity contribution in [2.45, 2.75) is 168 Å². The number of carboxylic acid groups (broad SMARTS) is 1. The summed E-state index contributed by atoms with van der Waals surface area (Å²) in [5, 5.41) is 10.7. The Balaban J connectivity index is 1.74. The van der Waals surface area contributed by atoms with E-state index in [0.717, 1.165) is 31.6 Å². The summed E-state index contributed by atoms with van der Waals surface area (Å²) in [6.45, 7) is 4.67. The molecule has 0 unspecified atom stereocenters. The van der Waals surface area contributed by atoms with Gasteiger partial charge in [0, 0.05) is 0 Å². The molecule has 3 fully saturated rings. The van der Waals surface area contributed by atoms with Crippen LogP contribution in [-0.4, -0.2) is 11.1 Å². The van der Waals surface area contributed by atoms with Crippen molar-refractivity contribution in [3.05, 3.63) is 0 Å². The number of carboxylic acids is 1. The second kappa shape index (κ2) is 13.0. The molecule has 0 saturated heterocycles. The van der Waals surface area contributed by atoms with Crippen LogP contribution in [-0.2, 0) is 4.79 Å². The summed E-state index contributed by atoms with van der Waals surface area (Å²) in [7, 11) is 0. The molecule has 0 bridgehead atoms. The zero-order valence-corrected chi connectivity index (χ0v) is 22.4. The van der Waals surface area contributed by atoms with Gasteiger partial charge in [-0.1, -0.05) is 104 Å². The van der Waals surface area contributed by atoms with Crippen LogP contribution in [0.4, 0.5) is 0 Å². The molecule has 0 atom stereocenters. The SMILES string of the molecule is CCCCCCCCCC1(C2(C(=O)O)CCCCC2)CCC(CCC)(C2CCCCC2)CC1. The van der Waals surface area contributed by atoms with Gasteiger partial charge in [-0.05, 0) is 81.0 Å². The Morgan fingerprint density at radius 3 is 1.82 bits per heavy atom. The van der Waals surface area contributed by atoms with Crippen molar-refractivity contribution < 1.29 is 9.90 Å². The van der Waals surface area contributed by atoms with Crippen molar-refractivity contribution in [2.75, 3.05) is 0 Å². The summed E-state index contributed by atoms with van der Waals surface area (Å²) in [6.07, 6.45) is 30.8. The molecular weight excluding hydrogens is 404 g/mol. The van der Waals surface area contributed by atoms with E-state index in [1.54, 1.807) is 0 Å². The van der Waals surface area contributed by atoms with Crippen LogP contribution in [0.3, 0.4) is 0 Å². The standard InChI is InChI=1S/C31H56O2/c1-3-5-6-7-8-9-14-20-30(31(28(32)33)21-15-11-16-22-31)25-23-29(19-4-2,24-26-30)27-17-12-10-13-18-27/h27H,3-26H2,1-2H3,(H,32,33). The fourth-order valence-corrected chi connectivity index (χ4v) is 8.82. The molecule has 0 aromatic rings. The zero-order chi connectivity index (χ0) is 23.6. The number of hydrogen-bond donors (Lipinski definition) is 1. The van der Waals surface area contributed by atoms with Crippen molar-refractivity contribution >= 4 is 5.97 Å². The van der Waals surface area contributed by atoms with Gasteiger partial charge in [-0.25, -0.2) is 0 Å². The van der Waals surface area contributed by atoms with Crippen LogP contribution < -0.4 is 0 Å². The van der Waals surface area contributed by atoms with E-state index in [-0.39, 0.29) is 5.41 Å². The molecule has 0 heterocycles. The van der Waals surface area contributed by atoms with E-state index >= 15 is 0 Å². The van der Waals surface area contributed by atoms with E-state index in [4.69, 9.17) is 0 Å². The van der Waals surface area contributed by atoms with Gasteiger partial charge >= 0.3 is 5.97 Å². The average Bonchev–Trinajstić information content (AvgIpc) is 2.85. The lowest BCUT2D eigenvalue weighted by Gasteiger charge is -2.58. The Morgan fingerprint density at radius 2 is 1.24 bits per heavy atom. The number of rotatable bonds is 13. The van der Waals surface area contributed by atoms with E-state index in [2.05, 4.69) is 13.8 Å². The van der Waals surface area contributed by atoms with Gasteiger partial charge in [0.15, 0.2) is 0 Å². The van der Waals surface area contributed by atoms with Gasteiger partial charge in [0.1, 0.15) is 0 Å². The van der Waals surface area contributed by atoms with Gasteiger partial charge in [0.25, 0.3) is 0 Å². The van der Waals surface area contributed by atoms with Crippen LogP contribution in [0.2, 0.25) is 0 Å². The van der Waals surface area contributed by atoms with Gasteiger partial charge in [-0.15, -0.1) is 0 Å². The average molecular weight is 461 g/mol. The largest absolute Gasteiger partial charge is 0.481 e. The Labute approximate surface area is 206 Å². The summed E-state index contributed by atoms with van der Waals surface area (Å²) in [4.78, 5) is 13.0. The molecule has 3 aliphatic rings. The molecule has 0 aromatic heterocycles. The molecule has 0 radical (unpaired) electrons. The van der Waals surface area contributed by atoms with Crippen LogP contribution in [0.25, 0.3) is 0 Å². The molecular formula is C31H56O2. The maximum absolute atomic E-state index is 13.0. The third-order valence-corrected chi connectivity index (χ3v) is 10.8. The molecule has 3 saturated carbocycles. The highest BCUT2D eigenvalue weighted by Gasteiger charge is 2.58. The van der Waals surface area contributed by atoms with Crippen molar-refractivity contribution in [3.8, 4) is 0 Å². The van der Waals surface area contributed by atoms with Crippen molar-refractivity contribution in [1.29, 1.82) is 0 Å². The number of carbonyl (C=O) groups is 1. The highest BCUT2D eigenvalue weighted by atomic mass is 16.4. The predicted octanol–water partition coefficient (Wildman–Crippen LogP) is 10.1. The van der Waals surface area contributed by atoms with Crippen LogP contribution in [0.1, 0.15) is 168 Å². The monoisotopic (exact) mass is 460 g/mol. The van der Waals surface area contributed by atoms with E-state index < -0.39 is 11.4 Å². The summed E-state index contributed by atoms with van der Waals surface area (Å²) >= 11 is 0. The normalized spacial score (nSPS) is 30.8. The number of hydrogen-bond acceptors (Lipinski definition) is 1. The maximum Gasteiger partial charge on any atom is 0.310 e. The minimum atomic E-state index is -0.439. The lowest BCUT2D eigenvalue weighted by molar-refractivity contribution is -0.171. The van der Waals surface area contributed by atoms with Gasteiger partial charge < -0.3 is 5.11 Å². The van der Waals surface area contributed by atoms with Gasteiger partial charge in [0.05, 0.1) is 5.41 Å². The van der Waals surface area contributed by atoms with E-state index in [1.165, 1.54) is 128 Å². The first-order valence-electron chi connectivity index (χ1n) is 15.3. The van der Waals surface area contributed by atoms with E-state index in [0.29, 0.717) is 5.41 Å². The molecule has 2 nitrogen and oxygen atoms in total. The lowest BCUT2D eigenvalue weighted by Crippen LogP contribution is -2.53. The minimum Gasteiger partial charge on any atom is -0.481 e. The first-order valence-corrected chi connectivity index (χ1v) is 15.3. The minimum absolute atomic E-state index is 0.0641. The predicted molar refractivity (Wildman–Crippen MR) is 141 cm³/mol. The highest BCUT2D eigenvalue weighted by Crippen LogP contribution is 2.64. The van der Waals surface area contributed by atoms with Crippen molar-refractivity contribution in [2.24, 2.45) is 22.2 Å². The molecule has 1 N–H and O–H groups in total. The fraction of sp³-hybridized carbons (Fsp3) is 0.968. The van der Waals surface area contributed by atoms with Crippen molar-refractivity contribution in [3.63, 3.8) is 0 Å². The van der Waals surface area contributed by atoms with Crippen LogP contribution >= 0.6 is 0 Å². The number of aliphatic carboxylic acids is 1. The maximum atomic E-state index is 13.0. The van der Waals surface area contributed by atoms with Gasteiger partial charge in [-0.3, -0.25) is 4.79 Å². The second-order valence-electron chi connectivity index (χ2n) is 12.5. The topological polar surface area (TPSA) is 37.3 Å². The molecule has 33 heavy (non-hydrogen) atoms. The molecule has 2 heteroatoms. The Kier molecular flexibility index (Phi) is 10.6. The van der Waals surface area contributed by atoms with Crippen LogP contribution in [0.5, 0.6) is 0 Å².